The molecule has 10 heteroatoms. The second-order valence-electron chi connectivity index (χ2n) is 8.71. The summed E-state index contributed by atoms with van der Waals surface area (Å²) in [6, 6.07) is 15.4. The summed E-state index contributed by atoms with van der Waals surface area (Å²) in [5.74, 6) is 1.46. The number of primary amides is 1. The number of benzene rings is 2. The Morgan fingerprint density at radius 1 is 1.00 bits per heavy atom. The molecule has 3 N–H and O–H groups in total. The van der Waals surface area contributed by atoms with Gasteiger partial charge in [-0.25, -0.2) is 4.98 Å². The van der Waals surface area contributed by atoms with Crippen LogP contribution in [0.3, 0.4) is 0 Å². The molecule has 10 nitrogen and oxygen atoms in total. The Balaban J connectivity index is 1.33. The summed E-state index contributed by atoms with van der Waals surface area (Å²) in [6.45, 7) is 4.86. The van der Waals surface area contributed by atoms with Crippen LogP contribution in [0.5, 0.6) is 11.5 Å². The van der Waals surface area contributed by atoms with Crippen LogP contribution >= 0.6 is 0 Å². The molecule has 2 amide bonds. The molecule has 2 aromatic carbocycles. The maximum atomic E-state index is 12.1. The lowest BCUT2D eigenvalue weighted by Gasteiger charge is -2.35. The van der Waals surface area contributed by atoms with Gasteiger partial charge in [-0.1, -0.05) is 0 Å². The largest absolute Gasteiger partial charge is 0.454 e. The molecule has 2 aliphatic heterocycles. The van der Waals surface area contributed by atoms with Crippen molar-refractivity contribution in [1.29, 1.82) is 0 Å². The van der Waals surface area contributed by atoms with E-state index in [0.29, 0.717) is 28.6 Å². The van der Waals surface area contributed by atoms with Gasteiger partial charge in [0.05, 0.1) is 11.3 Å². The summed E-state index contributed by atoms with van der Waals surface area (Å²) in [6.07, 6.45) is 1.48. The zero-order valence-electron chi connectivity index (χ0n) is 20.2. The fourth-order valence-electron chi connectivity index (χ4n) is 4.40. The Bertz CT molecular complexity index is 1290. The average molecular weight is 489 g/mol. The summed E-state index contributed by atoms with van der Waals surface area (Å²) < 4.78 is 10.9. The van der Waals surface area contributed by atoms with Gasteiger partial charge in [-0.15, -0.1) is 0 Å². The molecule has 5 rings (SSSR count). The first-order chi connectivity index (χ1) is 17.4. The molecular formula is C26H28N6O4. The van der Waals surface area contributed by atoms with Crippen LogP contribution in [0.15, 0.2) is 54.7 Å². The number of hydrogen-bond donors (Lipinski definition) is 2. The van der Waals surface area contributed by atoms with E-state index in [9.17, 15) is 9.59 Å². The van der Waals surface area contributed by atoms with Gasteiger partial charge in [-0.3, -0.25) is 9.59 Å². The number of hydrogen-bond acceptors (Lipinski definition) is 8. The van der Waals surface area contributed by atoms with Crippen molar-refractivity contribution < 1.29 is 19.1 Å². The van der Waals surface area contributed by atoms with E-state index in [2.05, 4.69) is 15.2 Å². The Hall–Kier alpha value is -4.47. The number of carbonyl (C=O) groups is 2. The fraction of sp³-hybridized carbons (Fsp3) is 0.269. The van der Waals surface area contributed by atoms with Crippen LogP contribution in [0.4, 0.5) is 28.6 Å². The van der Waals surface area contributed by atoms with Crippen LogP contribution in [0, 0.1) is 0 Å². The number of ether oxygens (including phenoxy) is 2. The summed E-state index contributed by atoms with van der Waals surface area (Å²) in [5, 5.41) is 3.30. The second-order valence-corrected chi connectivity index (χ2v) is 8.71. The topological polar surface area (TPSA) is 113 Å². The summed E-state index contributed by atoms with van der Waals surface area (Å²) >= 11 is 0. The van der Waals surface area contributed by atoms with E-state index in [-0.39, 0.29) is 12.7 Å². The third-order valence-electron chi connectivity index (χ3n) is 6.48. The minimum Gasteiger partial charge on any atom is -0.454 e. The second kappa shape index (κ2) is 9.65. The van der Waals surface area contributed by atoms with Gasteiger partial charge >= 0.3 is 0 Å². The van der Waals surface area contributed by atoms with Crippen LogP contribution < -0.4 is 30.3 Å². The van der Waals surface area contributed by atoms with Gasteiger partial charge in [-0.2, -0.15) is 0 Å². The van der Waals surface area contributed by atoms with Crippen molar-refractivity contribution in [2.75, 3.05) is 55.1 Å². The lowest BCUT2D eigenvalue weighted by atomic mass is 10.1. The van der Waals surface area contributed by atoms with E-state index in [1.54, 1.807) is 13.0 Å². The van der Waals surface area contributed by atoms with E-state index in [0.717, 1.165) is 43.2 Å². The van der Waals surface area contributed by atoms with Crippen molar-refractivity contribution in [2.45, 2.75) is 6.92 Å². The standard InChI is InChI=1S/C26H28N6O4/c1-17(33)31-9-11-32(12-10-31)19-5-3-18(4-6-19)29-25-14-22(21(15-28-25)26(27)34)30(2)20-7-8-23-24(13-20)36-16-35-23/h3-8,13-15H,9-12,16H2,1-2H3,(H2,27,34)(H,28,29). The molecule has 3 aromatic rings. The van der Waals surface area contributed by atoms with Crippen LogP contribution in [0.2, 0.25) is 0 Å². The quantitative estimate of drug-likeness (QED) is 0.544. The highest BCUT2D eigenvalue weighted by Crippen LogP contribution is 2.38. The van der Waals surface area contributed by atoms with Gasteiger partial charge in [0.25, 0.3) is 5.91 Å². The van der Waals surface area contributed by atoms with Crippen molar-refractivity contribution >= 4 is 40.4 Å². The van der Waals surface area contributed by atoms with Crippen molar-refractivity contribution in [2.24, 2.45) is 5.73 Å². The van der Waals surface area contributed by atoms with E-state index in [1.165, 1.54) is 6.20 Å². The Labute approximate surface area is 209 Å². The number of nitrogens with zero attached hydrogens (tertiary/aromatic N) is 4. The minimum atomic E-state index is -0.564. The van der Waals surface area contributed by atoms with Crippen LogP contribution in [0.25, 0.3) is 0 Å². The summed E-state index contributed by atoms with van der Waals surface area (Å²) in [5.41, 5.74) is 9.33. The minimum absolute atomic E-state index is 0.118. The smallest absolute Gasteiger partial charge is 0.252 e. The maximum absolute atomic E-state index is 12.1. The molecule has 0 spiro atoms. The monoisotopic (exact) mass is 488 g/mol. The molecule has 0 atom stereocenters. The zero-order chi connectivity index (χ0) is 25.2. The number of aromatic nitrogens is 1. The predicted octanol–water partition coefficient (Wildman–Crippen LogP) is 3.09. The van der Waals surface area contributed by atoms with Crippen LogP contribution in [0.1, 0.15) is 17.3 Å². The van der Waals surface area contributed by atoms with Gasteiger partial charge in [0.2, 0.25) is 12.7 Å². The number of anilines is 5. The van der Waals surface area contributed by atoms with Crippen LogP contribution in [-0.2, 0) is 4.79 Å². The first kappa shape index (κ1) is 23.3. The first-order valence-corrected chi connectivity index (χ1v) is 11.7. The molecule has 1 saturated heterocycles. The highest BCUT2D eigenvalue weighted by molar-refractivity contribution is 5.99. The summed E-state index contributed by atoms with van der Waals surface area (Å²) in [4.78, 5) is 34.1. The number of nitrogens with two attached hydrogens (primary N) is 1. The van der Waals surface area contributed by atoms with Gasteiger partial charge in [-0.05, 0) is 36.4 Å². The molecule has 1 aromatic heterocycles. The lowest BCUT2D eigenvalue weighted by Crippen LogP contribution is -2.48. The molecule has 0 aliphatic carbocycles. The van der Waals surface area contributed by atoms with Crippen LogP contribution in [-0.4, -0.2) is 61.7 Å². The highest BCUT2D eigenvalue weighted by atomic mass is 16.7. The van der Waals surface area contributed by atoms with Crippen molar-refractivity contribution in [3.8, 4) is 11.5 Å². The number of rotatable bonds is 6. The van der Waals surface area contributed by atoms with E-state index >= 15 is 0 Å². The SMILES string of the molecule is CC(=O)N1CCN(c2ccc(Nc3cc(N(C)c4ccc5c(c4)OCO5)c(C(N)=O)cn3)cc2)CC1. The molecule has 1 fully saturated rings. The Kier molecular flexibility index (Phi) is 6.24. The van der Waals surface area contributed by atoms with E-state index in [1.807, 2.05) is 59.3 Å². The predicted molar refractivity (Wildman–Crippen MR) is 138 cm³/mol. The number of nitrogens with one attached hydrogen (secondary N) is 1. The Morgan fingerprint density at radius 3 is 2.42 bits per heavy atom. The molecule has 0 bridgehead atoms. The van der Waals surface area contributed by atoms with Crippen molar-refractivity contribution in [3.63, 3.8) is 0 Å². The van der Waals surface area contributed by atoms with E-state index in [4.69, 9.17) is 15.2 Å². The fourth-order valence-corrected chi connectivity index (χ4v) is 4.40. The third-order valence-corrected chi connectivity index (χ3v) is 6.48. The molecular weight excluding hydrogens is 460 g/mol. The number of piperazine rings is 1. The molecule has 0 saturated carbocycles. The summed E-state index contributed by atoms with van der Waals surface area (Å²) in [7, 11) is 1.85. The van der Waals surface area contributed by atoms with E-state index < -0.39 is 5.91 Å². The van der Waals surface area contributed by atoms with Crippen molar-refractivity contribution in [1.82, 2.24) is 9.88 Å². The van der Waals surface area contributed by atoms with Crippen molar-refractivity contribution in [3.05, 3.63) is 60.3 Å². The zero-order valence-corrected chi connectivity index (χ0v) is 20.2. The lowest BCUT2D eigenvalue weighted by molar-refractivity contribution is -0.129. The van der Waals surface area contributed by atoms with Gasteiger partial charge in [0.15, 0.2) is 11.5 Å². The number of pyridine rings is 1. The van der Waals surface area contributed by atoms with Gasteiger partial charge < -0.3 is 35.2 Å². The number of carbonyl (C=O) groups excluding carboxylic acids is 2. The normalized spacial score (nSPS) is 14.5. The van der Waals surface area contributed by atoms with Gasteiger partial charge in [0, 0.05) is 75.5 Å². The molecule has 0 radical (unpaired) electrons. The maximum Gasteiger partial charge on any atom is 0.252 e. The highest BCUT2D eigenvalue weighted by Gasteiger charge is 2.20. The molecule has 186 valence electrons. The molecule has 3 heterocycles. The Morgan fingerprint density at radius 2 is 1.72 bits per heavy atom. The first-order valence-electron chi connectivity index (χ1n) is 11.7. The van der Waals surface area contributed by atoms with Gasteiger partial charge in [0.1, 0.15) is 5.82 Å². The third kappa shape index (κ3) is 4.70. The molecule has 2 aliphatic rings. The molecule has 0 unspecified atom stereocenters. The molecule has 36 heavy (non-hydrogen) atoms. The number of amides is 2. The number of fused-ring (bicyclic) bond motifs is 1. The average Bonchev–Trinajstić information content (AvgIpc) is 3.37.